The molecule has 1 aromatic heterocycles. The van der Waals surface area contributed by atoms with Gasteiger partial charge in [0.15, 0.2) is 0 Å². The smallest absolute Gasteiger partial charge is 0.335 e. The molecule has 0 radical (unpaired) electrons. The van der Waals surface area contributed by atoms with Crippen LogP contribution < -0.4 is 10.1 Å². The molecular formula is C15H22N4O. The molecule has 0 saturated heterocycles. The molecule has 0 saturated carbocycles. The average Bonchev–Trinajstić information content (AvgIpc) is 2.87. The standard InChI is InChI=1S/C15H22N4O/c1-15(2,3)17-10-7-11-20-14-16-12-19(18-14)13-8-5-4-6-9-13/h4-6,8-9,12,17H,7,10-11H2,1-3H3. The number of aromatic nitrogens is 3. The van der Waals surface area contributed by atoms with E-state index in [1.807, 2.05) is 30.3 Å². The van der Waals surface area contributed by atoms with E-state index in [4.69, 9.17) is 4.74 Å². The Hall–Kier alpha value is -1.88. The van der Waals surface area contributed by atoms with Crippen molar-refractivity contribution in [1.82, 2.24) is 20.1 Å². The molecular weight excluding hydrogens is 252 g/mol. The molecule has 5 heteroatoms. The van der Waals surface area contributed by atoms with Crippen LogP contribution >= 0.6 is 0 Å². The molecule has 2 rings (SSSR count). The van der Waals surface area contributed by atoms with Crippen molar-refractivity contribution in [3.63, 3.8) is 0 Å². The predicted molar refractivity (Wildman–Crippen MR) is 79.2 cm³/mol. The van der Waals surface area contributed by atoms with Gasteiger partial charge in [-0.2, -0.15) is 4.98 Å². The number of nitrogens with zero attached hydrogens (tertiary/aromatic N) is 3. The largest absolute Gasteiger partial charge is 0.462 e. The van der Waals surface area contributed by atoms with E-state index in [1.165, 1.54) is 0 Å². The van der Waals surface area contributed by atoms with E-state index in [0.717, 1.165) is 18.7 Å². The molecule has 0 aliphatic heterocycles. The van der Waals surface area contributed by atoms with Crippen molar-refractivity contribution in [1.29, 1.82) is 0 Å². The first-order valence-electron chi connectivity index (χ1n) is 6.89. The fourth-order valence-electron chi connectivity index (χ4n) is 1.72. The SMILES string of the molecule is CC(C)(C)NCCCOc1ncn(-c2ccccc2)n1. The van der Waals surface area contributed by atoms with Gasteiger partial charge in [0.05, 0.1) is 12.3 Å². The fourth-order valence-corrected chi connectivity index (χ4v) is 1.72. The van der Waals surface area contributed by atoms with Crippen LogP contribution in [0.3, 0.4) is 0 Å². The van der Waals surface area contributed by atoms with E-state index in [9.17, 15) is 0 Å². The highest BCUT2D eigenvalue weighted by Gasteiger charge is 2.08. The highest BCUT2D eigenvalue weighted by atomic mass is 16.5. The number of hydrogen-bond donors (Lipinski definition) is 1. The normalized spacial score (nSPS) is 11.6. The summed E-state index contributed by atoms with van der Waals surface area (Å²) in [7, 11) is 0. The molecule has 108 valence electrons. The van der Waals surface area contributed by atoms with E-state index >= 15 is 0 Å². The van der Waals surface area contributed by atoms with Crippen molar-refractivity contribution < 1.29 is 4.74 Å². The first-order chi connectivity index (χ1) is 9.54. The fraction of sp³-hybridized carbons (Fsp3) is 0.467. The zero-order valence-corrected chi connectivity index (χ0v) is 12.3. The molecule has 1 heterocycles. The number of benzene rings is 1. The van der Waals surface area contributed by atoms with Crippen molar-refractivity contribution in [2.24, 2.45) is 0 Å². The van der Waals surface area contributed by atoms with Crippen molar-refractivity contribution >= 4 is 0 Å². The molecule has 0 unspecified atom stereocenters. The zero-order chi connectivity index (χ0) is 14.4. The van der Waals surface area contributed by atoms with Crippen LogP contribution in [0.5, 0.6) is 6.01 Å². The lowest BCUT2D eigenvalue weighted by atomic mass is 10.1. The third-order valence-corrected chi connectivity index (χ3v) is 2.70. The third-order valence-electron chi connectivity index (χ3n) is 2.70. The van der Waals surface area contributed by atoms with Crippen LogP contribution in [0.4, 0.5) is 0 Å². The summed E-state index contributed by atoms with van der Waals surface area (Å²) in [5.74, 6) is 0. The summed E-state index contributed by atoms with van der Waals surface area (Å²) in [6.45, 7) is 7.98. The van der Waals surface area contributed by atoms with Gasteiger partial charge in [-0.25, -0.2) is 4.68 Å². The van der Waals surface area contributed by atoms with E-state index in [2.05, 4.69) is 36.2 Å². The monoisotopic (exact) mass is 274 g/mol. The molecule has 0 fully saturated rings. The number of ether oxygens (including phenoxy) is 1. The minimum atomic E-state index is 0.146. The minimum Gasteiger partial charge on any atom is -0.462 e. The Morgan fingerprint density at radius 2 is 1.95 bits per heavy atom. The molecule has 1 aromatic carbocycles. The van der Waals surface area contributed by atoms with Gasteiger partial charge < -0.3 is 10.1 Å². The van der Waals surface area contributed by atoms with E-state index in [1.54, 1.807) is 11.0 Å². The lowest BCUT2D eigenvalue weighted by molar-refractivity contribution is 0.277. The van der Waals surface area contributed by atoms with E-state index in [0.29, 0.717) is 12.6 Å². The van der Waals surface area contributed by atoms with Crippen LogP contribution in [0.1, 0.15) is 27.2 Å². The summed E-state index contributed by atoms with van der Waals surface area (Å²) in [6.07, 6.45) is 2.59. The van der Waals surface area contributed by atoms with Crippen LogP contribution in [-0.4, -0.2) is 33.5 Å². The summed E-state index contributed by atoms with van der Waals surface area (Å²) < 4.78 is 7.25. The minimum absolute atomic E-state index is 0.146. The van der Waals surface area contributed by atoms with Gasteiger partial charge in [0.1, 0.15) is 6.33 Å². The average molecular weight is 274 g/mol. The lowest BCUT2D eigenvalue weighted by Crippen LogP contribution is -2.36. The second-order valence-electron chi connectivity index (χ2n) is 5.69. The summed E-state index contributed by atoms with van der Waals surface area (Å²) in [5, 5.41) is 7.70. The molecule has 0 atom stereocenters. The van der Waals surface area contributed by atoms with Crippen molar-refractivity contribution in [2.75, 3.05) is 13.2 Å². The maximum atomic E-state index is 5.54. The zero-order valence-electron chi connectivity index (χ0n) is 12.3. The van der Waals surface area contributed by atoms with Gasteiger partial charge in [0, 0.05) is 5.54 Å². The van der Waals surface area contributed by atoms with Gasteiger partial charge >= 0.3 is 6.01 Å². The molecule has 20 heavy (non-hydrogen) atoms. The maximum absolute atomic E-state index is 5.54. The summed E-state index contributed by atoms with van der Waals surface area (Å²) in [6, 6.07) is 10.3. The van der Waals surface area contributed by atoms with Gasteiger partial charge in [-0.1, -0.05) is 18.2 Å². The first-order valence-corrected chi connectivity index (χ1v) is 6.89. The molecule has 0 aliphatic carbocycles. The Labute approximate surface area is 120 Å². The van der Waals surface area contributed by atoms with Gasteiger partial charge in [0.25, 0.3) is 0 Å². The Balaban J connectivity index is 1.76. The predicted octanol–water partition coefficient (Wildman–Crippen LogP) is 2.42. The highest BCUT2D eigenvalue weighted by Crippen LogP contribution is 2.08. The molecule has 0 aliphatic rings. The van der Waals surface area contributed by atoms with Gasteiger partial charge in [-0.05, 0) is 45.9 Å². The van der Waals surface area contributed by atoms with Crippen LogP contribution in [0.2, 0.25) is 0 Å². The van der Waals surface area contributed by atoms with Crippen molar-refractivity contribution in [3.8, 4) is 11.7 Å². The first kappa shape index (κ1) is 14.5. The summed E-state index contributed by atoms with van der Waals surface area (Å²) in [5.41, 5.74) is 1.12. The molecule has 0 bridgehead atoms. The lowest BCUT2D eigenvalue weighted by Gasteiger charge is -2.20. The third kappa shape index (κ3) is 4.66. The van der Waals surface area contributed by atoms with Crippen LogP contribution in [0.25, 0.3) is 5.69 Å². The Morgan fingerprint density at radius 1 is 1.20 bits per heavy atom. The van der Waals surface area contributed by atoms with Crippen LogP contribution in [0, 0.1) is 0 Å². The summed E-state index contributed by atoms with van der Waals surface area (Å²) >= 11 is 0. The van der Waals surface area contributed by atoms with Gasteiger partial charge in [-0.15, -0.1) is 5.10 Å². The molecule has 2 aromatic rings. The van der Waals surface area contributed by atoms with Crippen LogP contribution in [-0.2, 0) is 0 Å². The number of hydrogen-bond acceptors (Lipinski definition) is 4. The van der Waals surface area contributed by atoms with Gasteiger partial charge in [0.2, 0.25) is 0 Å². The van der Waals surface area contributed by atoms with Gasteiger partial charge in [-0.3, -0.25) is 0 Å². The van der Waals surface area contributed by atoms with E-state index in [-0.39, 0.29) is 5.54 Å². The quantitative estimate of drug-likeness (QED) is 0.822. The summed E-state index contributed by atoms with van der Waals surface area (Å²) in [4.78, 5) is 4.15. The van der Waals surface area contributed by atoms with Crippen molar-refractivity contribution in [3.05, 3.63) is 36.7 Å². The Morgan fingerprint density at radius 3 is 2.65 bits per heavy atom. The topological polar surface area (TPSA) is 52.0 Å². The highest BCUT2D eigenvalue weighted by molar-refractivity contribution is 5.29. The Bertz CT molecular complexity index is 516. The van der Waals surface area contributed by atoms with Crippen LogP contribution in [0.15, 0.2) is 36.7 Å². The molecule has 5 nitrogen and oxygen atoms in total. The second-order valence-corrected chi connectivity index (χ2v) is 5.69. The van der Waals surface area contributed by atoms with Crippen molar-refractivity contribution in [2.45, 2.75) is 32.7 Å². The molecule has 0 spiro atoms. The number of nitrogens with one attached hydrogen (secondary N) is 1. The number of rotatable bonds is 6. The number of para-hydroxylation sites is 1. The Kier molecular flexibility index (Phi) is 4.74. The molecule has 0 amide bonds. The second kappa shape index (κ2) is 6.52. The maximum Gasteiger partial charge on any atom is 0.335 e. The van der Waals surface area contributed by atoms with E-state index < -0.39 is 0 Å². The molecule has 1 N–H and O–H groups in total.